The molecule has 1 spiro atoms. The van der Waals surface area contributed by atoms with Crippen molar-refractivity contribution >= 4 is 5.91 Å². The summed E-state index contributed by atoms with van der Waals surface area (Å²) < 4.78 is 13.8. The molecule has 0 radical (unpaired) electrons. The minimum absolute atomic E-state index is 0.110. The SMILES string of the molecule is Cc1c(C(=O)NC[C@@H]2CCCO2)oc2c1-c1nn(Cc3cccnc3)cc1C1(CC1)C2. The summed E-state index contributed by atoms with van der Waals surface area (Å²) in [5, 5.41) is 7.94. The Balaban J connectivity index is 1.32. The average Bonchev–Trinajstić information content (AvgIpc) is 3.13. The van der Waals surface area contributed by atoms with Crippen molar-refractivity contribution in [3.8, 4) is 11.3 Å². The number of carbonyl (C=O) groups is 1. The minimum Gasteiger partial charge on any atom is -0.455 e. The molecule has 7 heteroatoms. The van der Waals surface area contributed by atoms with Crippen LogP contribution >= 0.6 is 0 Å². The normalized spacial score (nSPS) is 20.5. The van der Waals surface area contributed by atoms with Crippen molar-refractivity contribution in [1.82, 2.24) is 20.1 Å². The quantitative estimate of drug-likeness (QED) is 0.687. The highest BCUT2D eigenvalue weighted by Crippen LogP contribution is 2.58. The fourth-order valence-electron chi connectivity index (χ4n) is 5.07. The second-order valence-electron chi connectivity index (χ2n) is 9.11. The number of fused-ring (bicyclic) bond motifs is 4. The molecule has 1 saturated carbocycles. The topological polar surface area (TPSA) is 82.2 Å². The summed E-state index contributed by atoms with van der Waals surface area (Å²) in [6, 6.07) is 4.01. The standard InChI is InChI=1S/C24H26N4O3/c1-15-20-19(31-22(15)23(29)26-12-17-5-3-9-30-17)10-24(6-7-24)18-14-28(27-21(18)20)13-16-4-2-8-25-11-16/h2,4,8,11,14,17H,3,5-7,9-10,12-13H2,1H3,(H,26,29)/t17-/m0/s1. The van der Waals surface area contributed by atoms with E-state index in [2.05, 4.69) is 22.6 Å². The van der Waals surface area contributed by atoms with Gasteiger partial charge in [0.15, 0.2) is 5.76 Å². The lowest BCUT2D eigenvalue weighted by Gasteiger charge is -2.19. The molecule has 31 heavy (non-hydrogen) atoms. The lowest BCUT2D eigenvalue weighted by molar-refractivity contribution is 0.0833. The van der Waals surface area contributed by atoms with Gasteiger partial charge in [-0.3, -0.25) is 14.5 Å². The molecule has 160 valence electrons. The molecule has 1 N–H and O–H groups in total. The van der Waals surface area contributed by atoms with Crippen molar-refractivity contribution in [3.63, 3.8) is 0 Å². The zero-order chi connectivity index (χ0) is 21.0. The fraction of sp³-hybridized carbons (Fsp3) is 0.458. The number of hydrogen-bond acceptors (Lipinski definition) is 5. The Morgan fingerprint density at radius 2 is 2.29 bits per heavy atom. The Kier molecular flexibility index (Phi) is 4.28. The number of pyridine rings is 1. The van der Waals surface area contributed by atoms with Crippen molar-refractivity contribution in [3.05, 3.63) is 58.9 Å². The number of amides is 1. The predicted molar refractivity (Wildman–Crippen MR) is 114 cm³/mol. The van der Waals surface area contributed by atoms with E-state index in [-0.39, 0.29) is 17.4 Å². The molecule has 1 saturated heterocycles. The Morgan fingerprint density at radius 3 is 3.03 bits per heavy atom. The van der Waals surface area contributed by atoms with Gasteiger partial charge in [0.05, 0.1) is 18.3 Å². The summed E-state index contributed by atoms with van der Waals surface area (Å²) in [5.41, 5.74) is 5.38. The molecule has 3 aliphatic rings. The summed E-state index contributed by atoms with van der Waals surface area (Å²) in [7, 11) is 0. The Morgan fingerprint density at radius 1 is 1.39 bits per heavy atom. The van der Waals surface area contributed by atoms with Crippen LogP contribution in [0, 0.1) is 6.92 Å². The zero-order valence-electron chi connectivity index (χ0n) is 17.7. The monoisotopic (exact) mass is 418 g/mol. The maximum absolute atomic E-state index is 12.9. The van der Waals surface area contributed by atoms with Gasteiger partial charge in [-0.25, -0.2) is 0 Å². The predicted octanol–water partition coefficient (Wildman–Crippen LogP) is 3.39. The number of furan rings is 1. The highest BCUT2D eigenvalue weighted by molar-refractivity contribution is 5.95. The molecule has 0 aromatic carbocycles. The maximum Gasteiger partial charge on any atom is 0.287 e. The number of aromatic nitrogens is 3. The minimum atomic E-state index is -0.163. The van der Waals surface area contributed by atoms with Crippen LogP contribution in [0.1, 0.15) is 58.7 Å². The van der Waals surface area contributed by atoms with Crippen LogP contribution < -0.4 is 5.32 Å². The maximum atomic E-state index is 12.9. The molecule has 4 heterocycles. The van der Waals surface area contributed by atoms with Gasteiger partial charge < -0.3 is 14.5 Å². The Hall–Kier alpha value is -2.93. The number of nitrogens with zero attached hydrogens (tertiary/aromatic N) is 3. The van der Waals surface area contributed by atoms with Crippen LogP contribution in [0.4, 0.5) is 0 Å². The molecule has 1 amide bonds. The van der Waals surface area contributed by atoms with Crippen LogP contribution in [0.3, 0.4) is 0 Å². The van der Waals surface area contributed by atoms with Gasteiger partial charge in [0, 0.05) is 60.3 Å². The molecule has 1 aliphatic heterocycles. The third kappa shape index (κ3) is 3.19. The third-order valence-electron chi connectivity index (χ3n) is 6.93. The molecule has 2 aliphatic carbocycles. The number of rotatable bonds is 5. The van der Waals surface area contributed by atoms with Crippen molar-refractivity contribution in [2.45, 2.75) is 57.1 Å². The van der Waals surface area contributed by atoms with Crippen molar-refractivity contribution < 1.29 is 13.9 Å². The highest BCUT2D eigenvalue weighted by atomic mass is 16.5. The van der Waals surface area contributed by atoms with Crippen LogP contribution in [0.5, 0.6) is 0 Å². The second-order valence-corrected chi connectivity index (χ2v) is 9.11. The first-order valence-corrected chi connectivity index (χ1v) is 11.1. The number of hydrogen-bond donors (Lipinski definition) is 1. The summed E-state index contributed by atoms with van der Waals surface area (Å²) in [6.07, 6.45) is 11.1. The van der Waals surface area contributed by atoms with Crippen LogP contribution in [-0.2, 0) is 23.1 Å². The van der Waals surface area contributed by atoms with E-state index in [9.17, 15) is 4.79 Å². The molecule has 3 aromatic rings. The van der Waals surface area contributed by atoms with Crippen LogP contribution in [0.25, 0.3) is 11.3 Å². The van der Waals surface area contributed by atoms with Gasteiger partial charge in [0.2, 0.25) is 0 Å². The lowest BCUT2D eigenvalue weighted by Crippen LogP contribution is -2.31. The molecule has 3 aromatic heterocycles. The van der Waals surface area contributed by atoms with Crippen molar-refractivity contribution in [2.24, 2.45) is 0 Å². The first kappa shape index (κ1) is 18.8. The number of carbonyl (C=O) groups excluding carboxylic acids is 1. The first-order valence-electron chi connectivity index (χ1n) is 11.1. The molecule has 0 unspecified atom stereocenters. The Bertz CT molecular complexity index is 1140. The van der Waals surface area contributed by atoms with Gasteiger partial charge in [0.25, 0.3) is 5.91 Å². The van der Waals surface area contributed by atoms with E-state index < -0.39 is 0 Å². The van der Waals surface area contributed by atoms with E-state index in [0.29, 0.717) is 18.8 Å². The van der Waals surface area contributed by atoms with Crippen molar-refractivity contribution in [2.75, 3.05) is 13.2 Å². The zero-order valence-corrected chi connectivity index (χ0v) is 17.7. The van der Waals surface area contributed by atoms with E-state index in [0.717, 1.165) is 66.9 Å². The molecule has 0 bridgehead atoms. The molecular weight excluding hydrogens is 392 g/mol. The average molecular weight is 418 g/mol. The van der Waals surface area contributed by atoms with Crippen LogP contribution in [-0.4, -0.2) is 39.9 Å². The Labute approximate surface area is 180 Å². The fourth-order valence-corrected chi connectivity index (χ4v) is 5.07. The molecule has 1 atom stereocenters. The van der Waals surface area contributed by atoms with E-state index in [4.69, 9.17) is 14.3 Å². The van der Waals surface area contributed by atoms with E-state index in [1.165, 1.54) is 5.56 Å². The number of ether oxygens (including phenoxy) is 1. The van der Waals surface area contributed by atoms with Gasteiger partial charge in [-0.1, -0.05) is 6.07 Å². The van der Waals surface area contributed by atoms with Gasteiger partial charge in [-0.2, -0.15) is 5.10 Å². The molecular formula is C24H26N4O3. The summed E-state index contributed by atoms with van der Waals surface area (Å²) in [4.78, 5) is 17.1. The van der Waals surface area contributed by atoms with Crippen LogP contribution in [0.15, 0.2) is 35.1 Å². The van der Waals surface area contributed by atoms with Gasteiger partial charge >= 0.3 is 0 Å². The van der Waals surface area contributed by atoms with E-state index in [1.807, 2.05) is 23.9 Å². The first-order chi connectivity index (χ1) is 15.1. The lowest BCUT2D eigenvalue weighted by atomic mass is 9.82. The smallest absolute Gasteiger partial charge is 0.287 e. The van der Waals surface area contributed by atoms with Gasteiger partial charge in [0.1, 0.15) is 5.76 Å². The van der Waals surface area contributed by atoms with Crippen LogP contribution in [0.2, 0.25) is 0 Å². The summed E-state index contributed by atoms with van der Waals surface area (Å²) in [5.74, 6) is 1.15. The summed E-state index contributed by atoms with van der Waals surface area (Å²) in [6.45, 7) is 3.95. The molecule has 7 nitrogen and oxygen atoms in total. The summed E-state index contributed by atoms with van der Waals surface area (Å²) >= 11 is 0. The van der Waals surface area contributed by atoms with Gasteiger partial charge in [-0.05, 0) is 44.2 Å². The highest BCUT2D eigenvalue weighted by Gasteiger charge is 2.52. The van der Waals surface area contributed by atoms with E-state index >= 15 is 0 Å². The van der Waals surface area contributed by atoms with E-state index in [1.54, 1.807) is 6.20 Å². The molecule has 6 rings (SSSR count). The molecule has 2 fully saturated rings. The number of nitrogens with one attached hydrogen (secondary N) is 1. The van der Waals surface area contributed by atoms with Gasteiger partial charge in [-0.15, -0.1) is 0 Å². The second kappa shape index (κ2) is 7.05. The van der Waals surface area contributed by atoms with Crippen molar-refractivity contribution in [1.29, 1.82) is 0 Å². The third-order valence-corrected chi connectivity index (χ3v) is 6.93. The largest absolute Gasteiger partial charge is 0.455 e.